The lowest BCUT2D eigenvalue weighted by Crippen LogP contribution is -2.57. The highest BCUT2D eigenvalue weighted by Gasteiger charge is 2.53. The fourth-order valence-corrected chi connectivity index (χ4v) is 0.540. The molecule has 1 aromatic rings. The summed E-state index contributed by atoms with van der Waals surface area (Å²) in [5, 5.41) is 2.95. The van der Waals surface area contributed by atoms with Gasteiger partial charge in [0.05, 0.1) is 16.3 Å². The molecule has 0 aliphatic rings. The van der Waals surface area contributed by atoms with E-state index < -0.39 is 22.6 Å². The van der Waals surface area contributed by atoms with Crippen molar-refractivity contribution in [1.29, 1.82) is 0 Å². The number of rotatable bonds is 2. The predicted octanol–water partition coefficient (Wildman–Crippen LogP) is -0.260. The highest BCUT2D eigenvalue weighted by molar-refractivity contribution is 7.84. The summed E-state index contributed by atoms with van der Waals surface area (Å²) in [5.74, 6) is 0. The van der Waals surface area contributed by atoms with Crippen molar-refractivity contribution in [3.63, 3.8) is 0 Å². The van der Waals surface area contributed by atoms with Gasteiger partial charge < -0.3 is 4.55 Å². The fraction of sp³-hybridized carbons (Fsp3) is 0.500. The first-order chi connectivity index (χ1) is 7.55. The number of hydrogen-bond acceptors (Lipinski definition) is 5. The molecule has 0 bridgehead atoms. The molecule has 0 aromatic carbocycles. The number of nitrogens with zero attached hydrogens (tertiary/aromatic N) is 3. The Morgan fingerprint density at radius 2 is 1.88 bits per heavy atom. The lowest BCUT2D eigenvalue weighted by atomic mass is 10.6. The average Bonchev–Trinajstić information content (AvgIpc) is 2.16. The Morgan fingerprint density at radius 3 is 2.18 bits per heavy atom. The summed E-state index contributed by atoms with van der Waals surface area (Å²) in [5.41, 5.74) is 0. The number of alkyl halides is 4. The molecule has 0 fully saturated rings. The molecule has 0 radical (unpaired) electrons. The van der Waals surface area contributed by atoms with E-state index in [1.807, 2.05) is 0 Å². The van der Waals surface area contributed by atoms with Crippen LogP contribution in [0, 0.1) is 0 Å². The molecule has 0 saturated carbocycles. The molecule has 0 atom stereocenters. The third kappa shape index (κ3) is 6.73. The van der Waals surface area contributed by atoms with Gasteiger partial charge in [-0.2, -0.15) is 8.78 Å². The fourth-order valence-electron chi connectivity index (χ4n) is 0.540. The summed E-state index contributed by atoms with van der Waals surface area (Å²) >= 11 is 0. The van der Waals surface area contributed by atoms with Crippen LogP contribution >= 0.6 is 0 Å². The van der Waals surface area contributed by atoms with Gasteiger partial charge in [-0.05, 0) is 4.68 Å². The van der Waals surface area contributed by atoms with E-state index in [4.69, 9.17) is 13.0 Å². The molecule has 0 amide bonds. The summed E-state index contributed by atoms with van der Waals surface area (Å²) in [6, 6.07) is -4.27. The molecule has 0 aliphatic heterocycles. The van der Waals surface area contributed by atoms with E-state index in [0.717, 1.165) is 12.5 Å². The lowest BCUT2D eigenvalue weighted by molar-refractivity contribution is -0.878. The van der Waals surface area contributed by atoms with Crippen LogP contribution in [-0.4, -0.2) is 35.7 Å². The standard InChI is InChI=1S/C5H4F4N3.CH4O3S/c6-4(7)5(8,9)12-2-1-10-3-11-12;1-5(2,3)4/h1-4H;1H3,(H,2,3,4)/q+1;/p-1. The van der Waals surface area contributed by atoms with Crippen molar-refractivity contribution in [3.8, 4) is 0 Å². The summed E-state index contributed by atoms with van der Waals surface area (Å²) in [4.78, 5) is 3.31. The molecule has 6 nitrogen and oxygen atoms in total. The van der Waals surface area contributed by atoms with Crippen LogP contribution in [0.4, 0.5) is 17.6 Å². The third-order valence-electron chi connectivity index (χ3n) is 1.10. The van der Waals surface area contributed by atoms with Crippen molar-refractivity contribution in [2.45, 2.75) is 12.5 Å². The van der Waals surface area contributed by atoms with Crippen LogP contribution in [-0.2, 0) is 16.2 Å². The smallest absolute Gasteiger partial charge is 0.548 e. The molecule has 98 valence electrons. The van der Waals surface area contributed by atoms with Crippen LogP contribution in [0.25, 0.3) is 0 Å². The second-order valence-electron chi connectivity index (χ2n) is 2.62. The SMILES string of the molecule is CS(=O)(=O)[O-].FC(F)C(F)(F)[n+]1ccncn1. The Kier molecular flexibility index (Phi) is 5.35. The maximum Gasteiger partial charge on any atom is 0.548 e. The van der Waals surface area contributed by atoms with Gasteiger partial charge in [0.25, 0.3) is 0 Å². The lowest BCUT2D eigenvalue weighted by Gasteiger charge is -2.05. The van der Waals surface area contributed by atoms with E-state index in [-0.39, 0.29) is 4.68 Å². The van der Waals surface area contributed by atoms with Gasteiger partial charge in [-0.25, -0.2) is 13.4 Å². The van der Waals surface area contributed by atoms with Gasteiger partial charge >= 0.3 is 12.5 Å². The first-order valence-corrected chi connectivity index (χ1v) is 5.62. The van der Waals surface area contributed by atoms with E-state index in [2.05, 4.69) is 10.1 Å². The van der Waals surface area contributed by atoms with E-state index >= 15 is 0 Å². The Balaban J connectivity index is 0.000000437. The zero-order valence-electron chi connectivity index (χ0n) is 8.30. The molecular formula is C6H7F4N3O3S. The van der Waals surface area contributed by atoms with E-state index in [0.29, 0.717) is 12.5 Å². The van der Waals surface area contributed by atoms with E-state index in [1.54, 1.807) is 0 Å². The maximum atomic E-state index is 12.4. The summed E-state index contributed by atoms with van der Waals surface area (Å²) in [6.07, 6.45) is -0.795. The molecule has 0 spiro atoms. The molecule has 0 aliphatic carbocycles. The van der Waals surface area contributed by atoms with Gasteiger partial charge in [0.2, 0.25) is 6.20 Å². The first-order valence-electron chi connectivity index (χ1n) is 3.80. The van der Waals surface area contributed by atoms with Crippen LogP contribution in [0.2, 0.25) is 0 Å². The minimum Gasteiger partial charge on any atom is -0.748 e. The maximum absolute atomic E-state index is 12.4. The van der Waals surface area contributed by atoms with Crippen molar-refractivity contribution < 1.29 is 35.2 Å². The van der Waals surface area contributed by atoms with Gasteiger partial charge in [-0.3, -0.25) is 0 Å². The highest BCUT2D eigenvalue weighted by Crippen LogP contribution is 2.20. The second-order valence-corrected chi connectivity index (χ2v) is 4.02. The molecule has 11 heteroatoms. The topological polar surface area (TPSA) is 86.9 Å². The Bertz CT molecular complexity index is 431. The monoisotopic (exact) mass is 277 g/mol. The van der Waals surface area contributed by atoms with Crippen molar-refractivity contribution in [2.24, 2.45) is 0 Å². The van der Waals surface area contributed by atoms with Crippen molar-refractivity contribution in [2.75, 3.05) is 6.26 Å². The number of halogens is 4. The van der Waals surface area contributed by atoms with Crippen LogP contribution in [0.1, 0.15) is 0 Å². The number of aromatic nitrogens is 3. The van der Waals surface area contributed by atoms with E-state index in [1.165, 1.54) is 0 Å². The third-order valence-corrected chi connectivity index (χ3v) is 1.10. The van der Waals surface area contributed by atoms with Crippen molar-refractivity contribution >= 4 is 10.1 Å². The first kappa shape index (κ1) is 15.6. The molecule has 1 rings (SSSR count). The summed E-state index contributed by atoms with van der Waals surface area (Å²) in [6.45, 7) is 0. The minimum atomic E-state index is -4.27. The highest BCUT2D eigenvalue weighted by atomic mass is 32.2. The van der Waals surface area contributed by atoms with Gasteiger partial charge in [0.15, 0.2) is 6.33 Å². The van der Waals surface area contributed by atoms with Crippen LogP contribution in [0.5, 0.6) is 0 Å². The van der Waals surface area contributed by atoms with Crippen LogP contribution < -0.4 is 4.68 Å². The van der Waals surface area contributed by atoms with Gasteiger partial charge in [0, 0.05) is 11.4 Å². The minimum absolute atomic E-state index is 0.134. The van der Waals surface area contributed by atoms with Crippen molar-refractivity contribution in [1.82, 2.24) is 10.1 Å². The zero-order valence-corrected chi connectivity index (χ0v) is 9.11. The number of hydrogen-bond donors (Lipinski definition) is 0. The molecular weight excluding hydrogens is 270 g/mol. The molecule has 0 N–H and O–H groups in total. The van der Waals surface area contributed by atoms with Gasteiger partial charge in [0.1, 0.15) is 0 Å². The van der Waals surface area contributed by atoms with Crippen LogP contribution in [0.3, 0.4) is 0 Å². The molecule has 17 heavy (non-hydrogen) atoms. The molecule has 1 aromatic heterocycles. The molecule has 0 unspecified atom stereocenters. The van der Waals surface area contributed by atoms with Crippen molar-refractivity contribution in [3.05, 3.63) is 18.7 Å². The second kappa shape index (κ2) is 5.82. The molecule has 0 saturated heterocycles. The zero-order chi connectivity index (χ0) is 13.7. The summed E-state index contributed by atoms with van der Waals surface area (Å²) < 4.78 is 75.2. The predicted molar refractivity (Wildman–Crippen MR) is 44.0 cm³/mol. The van der Waals surface area contributed by atoms with E-state index in [9.17, 15) is 17.6 Å². The van der Waals surface area contributed by atoms with Gasteiger partial charge in [-0.1, -0.05) is 0 Å². The largest absolute Gasteiger partial charge is 0.748 e. The van der Waals surface area contributed by atoms with Crippen LogP contribution in [0.15, 0.2) is 18.7 Å². The molecule has 1 heterocycles. The Hall–Kier alpha value is -1.36. The summed E-state index contributed by atoms with van der Waals surface area (Å²) in [7, 11) is -3.92. The average molecular weight is 277 g/mol. The van der Waals surface area contributed by atoms with Gasteiger partial charge in [-0.15, -0.1) is 8.78 Å². The normalized spacial score (nSPS) is 11.9. The Labute approximate surface area is 93.7 Å². The quantitative estimate of drug-likeness (QED) is 0.422. The Morgan fingerprint density at radius 1 is 1.41 bits per heavy atom.